The van der Waals surface area contributed by atoms with Gasteiger partial charge in [0.1, 0.15) is 11.6 Å². The van der Waals surface area contributed by atoms with Crippen LogP contribution in [0.5, 0.6) is 5.75 Å². The van der Waals surface area contributed by atoms with Crippen LogP contribution < -0.4 is 10.1 Å². The number of aryl methyl sites for hydroxylation is 1. The number of hydrogen-bond donors (Lipinski definition) is 1. The molecule has 2 heterocycles. The number of urea groups is 1. The minimum absolute atomic E-state index is 0.0457. The molecule has 1 fully saturated rings. The summed E-state index contributed by atoms with van der Waals surface area (Å²) in [5.41, 5.74) is 1.06. The summed E-state index contributed by atoms with van der Waals surface area (Å²) in [6, 6.07) is 9.61. The van der Waals surface area contributed by atoms with Gasteiger partial charge in [0.05, 0.1) is 19.3 Å². The standard InChI is InChI=1S/C16H20N4O2/c1-19-15(9-10-17-19)18-16(21)20-11-5-7-13(20)12-6-3-4-8-14(12)22-2/h3-4,6,8-10,13H,5,7,11H2,1-2H3,(H,18,21)/t13-/m0/s1. The molecule has 0 bridgehead atoms. The monoisotopic (exact) mass is 300 g/mol. The maximum absolute atomic E-state index is 12.6. The smallest absolute Gasteiger partial charge is 0.323 e. The molecule has 0 saturated carbocycles. The van der Waals surface area contributed by atoms with Gasteiger partial charge in [-0.1, -0.05) is 18.2 Å². The van der Waals surface area contributed by atoms with Crippen LogP contribution in [0.25, 0.3) is 0 Å². The van der Waals surface area contributed by atoms with Crippen molar-refractivity contribution < 1.29 is 9.53 Å². The molecular weight excluding hydrogens is 280 g/mol. The van der Waals surface area contributed by atoms with Gasteiger partial charge in [0.25, 0.3) is 0 Å². The van der Waals surface area contributed by atoms with Crippen LogP contribution in [-0.4, -0.2) is 34.4 Å². The molecule has 1 aromatic heterocycles. The van der Waals surface area contributed by atoms with Crippen LogP contribution in [-0.2, 0) is 7.05 Å². The van der Waals surface area contributed by atoms with Gasteiger partial charge in [-0.05, 0) is 18.9 Å². The minimum atomic E-state index is -0.1000. The SMILES string of the molecule is COc1ccccc1[C@@H]1CCCN1C(=O)Nc1ccnn1C. The van der Waals surface area contributed by atoms with Crippen LogP contribution in [0.15, 0.2) is 36.5 Å². The third-order valence-electron chi connectivity index (χ3n) is 4.07. The Morgan fingerprint density at radius 3 is 2.91 bits per heavy atom. The molecule has 1 aliphatic rings. The largest absolute Gasteiger partial charge is 0.496 e. The van der Waals surface area contributed by atoms with Crippen molar-refractivity contribution >= 4 is 11.8 Å². The quantitative estimate of drug-likeness (QED) is 0.948. The van der Waals surface area contributed by atoms with Crippen molar-refractivity contribution in [3.05, 3.63) is 42.1 Å². The molecule has 0 unspecified atom stereocenters. The van der Waals surface area contributed by atoms with Gasteiger partial charge in [0, 0.05) is 25.2 Å². The first-order chi connectivity index (χ1) is 10.7. The van der Waals surface area contributed by atoms with E-state index in [0.717, 1.165) is 30.7 Å². The molecule has 1 aliphatic heterocycles. The maximum atomic E-state index is 12.6. The average Bonchev–Trinajstić information content (AvgIpc) is 3.17. The lowest BCUT2D eigenvalue weighted by Crippen LogP contribution is -2.35. The predicted octanol–water partition coefficient (Wildman–Crippen LogP) is 2.80. The van der Waals surface area contributed by atoms with E-state index in [1.165, 1.54) is 0 Å². The van der Waals surface area contributed by atoms with Crippen LogP contribution in [0.3, 0.4) is 0 Å². The Labute approximate surface area is 129 Å². The number of nitrogens with zero attached hydrogens (tertiary/aromatic N) is 3. The Morgan fingerprint density at radius 1 is 1.36 bits per heavy atom. The summed E-state index contributed by atoms with van der Waals surface area (Å²) in [6.07, 6.45) is 3.60. The molecule has 1 N–H and O–H groups in total. The molecule has 1 atom stereocenters. The van der Waals surface area contributed by atoms with Crippen LogP contribution in [0.4, 0.5) is 10.6 Å². The molecule has 1 aromatic carbocycles. The van der Waals surface area contributed by atoms with Crippen molar-refractivity contribution in [2.75, 3.05) is 19.0 Å². The maximum Gasteiger partial charge on any atom is 0.323 e. The van der Waals surface area contributed by atoms with E-state index < -0.39 is 0 Å². The highest BCUT2D eigenvalue weighted by Crippen LogP contribution is 2.37. The molecule has 116 valence electrons. The van der Waals surface area contributed by atoms with Crippen molar-refractivity contribution in [3.63, 3.8) is 0 Å². The van der Waals surface area contributed by atoms with Crippen LogP contribution in [0.2, 0.25) is 0 Å². The van der Waals surface area contributed by atoms with E-state index in [1.54, 1.807) is 31.1 Å². The second-order valence-corrected chi connectivity index (χ2v) is 5.36. The summed E-state index contributed by atoms with van der Waals surface area (Å²) in [5.74, 6) is 1.52. The fourth-order valence-corrected chi connectivity index (χ4v) is 2.95. The lowest BCUT2D eigenvalue weighted by Gasteiger charge is -2.26. The highest BCUT2D eigenvalue weighted by Gasteiger charge is 2.32. The van der Waals surface area contributed by atoms with Gasteiger partial charge in [-0.3, -0.25) is 10.00 Å². The molecule has 0 aliphatic carbocycles. The van der Waals surface area contributed by atoms with Gasteiger partial charge in [-0.2, -0.15) is 5.10 Å². The van der Waals surface area contributed by atoms with Crippen LogP contribution in [0.1, 0.15) is 24.4 Å². The van der Waals surface area contributed by atoms with Gasteiger partial charge in [0.2, 0.25) is 0 Å². The Balaban J connectivity index is 1.81. The number of para-hydroxylation sites is 1. The first-order valence-electron chi connectivity index (χ1n) is 7.39. The Kier molecular flexibility index (Phi) is 4.00. The summed E-state index contributed by atoms with van der Waals surface area (Å²) in [5, 5.41) is 6.98. The van der Waals surface area contributed by atoms with E-state index in [4.69, 9.17) is 4.74 Å². The number of carbonyl (C=O) groups is 1. The van der Waals surface area contributed by atoms with Gasteiger partial charge < -0.3 is 9.64 Å². The molecule has 6 nitrogen and oxygen atoms in total. The fraction of sp³-hybridized carbons (Fsp3) is 0.375. The number of hydrogen-bond acceptors (Lipinski definition) is 3. The number of ether oxygens (including phenoxy) is 1. The first-order valence-corrected chi connectivity index (χ1v) is 7.39. The van der Waals surface area contributed by atoms with Crippen LogP contribution >= 0.6 is 0 Å². The van der Waals surface area contributed by atoms with Crippen molar-refractivity contribution in [2.24, 2.45) is 7.05 Å². The van der Waals surface area contributed by atoms with E-state index in [2.05, 4.69) is 10.4 Å². The number of nitrogens with one attached hydrogen (secondary N) is 1. The Hall–Kier alpha value is -2.50. The Morgan fingerprint density at radius 2 is 2.18 bits per heavy atom. The zero-order valence-electron chi connectivity index (χ0n) is 12.8. The number of aromatic nitrogens is 2. The number of amides is 2. The highest BCUT2D eigenvalue weighted by atomic mass is 16.5. The number of rotatable bonds is 3. The molecule has 22 heavy (non-hydrogen) atoms. The van der Waals surface area contributed by atoms with Gasteiger partial charge in [-0.15, -0.1) is 0 Å². The normalized spacial score (nSPS) is 17.5. The molecule has 0 spiro atoms. The second-order valence-electron chi connectivity index (χ2n) is 5.36. The number of likely N-dealkylation sites (tertiary alicyclic amines) is 1. The molecular formula is C16H20N4O2. The molecule has 2 amide bonds. The molecule has 2 aromatic rings. The summed E-state index contributed by atoms with van der Waals surface area (Å²) < 4.78 is 7.08. The van der Waals surface area contributed by atoms with E-state index in [9.17, 15) is 4.79 Å². The first kappa shape index (κ1) is 14.4. The van der Waals surface area contributed by atoms with Gasteiger partial charge >= 0.3 is 6.03 Å². The average molecular weight is 300 g/mol. The van der Waals surface area contributed by atoms with Crippen molar-refractivity contribution in [3.8, 4) is 5.75 Å². The van der Waals surface area contributed by atoms with Gasteiger partial charge in [0.15, 0.2) is 0 Å². The molecule has 3 rings (SSSR count). The van der Waals surface area contributed by atoms with E-state index >= 15 is 0 Å². The lowest BCUT2D eigenvalue weighted by atomic mass is 10.0. The number of benzene rings is 1. The zero-order chi connectivity index (χ0) is 15.5. The number of methoxy groups -OCH3 is 1. The number of carbonyl (C=O) groups excluding carboxylic acids is 1. The predicted molar refractivity (Wildman–Crippen MR) is 83.9 cm³/mol. The van der Waals surface area contributed by atoms with Crippen molar-refractivity contribution in [1.29, 1.82) is 0 Å². The Bertz CT molecular complexity index is 668. The minimum Gasteiger partial charge on any atom is -0.496 e. The second kappa shape index (κ2) is 6.09. The van der Waals surface area contributed by atoms with Gasteiger partial charge in [-0.25, -0.2) is 4.79 Å². The van der Waals surface area contributed by atoms with Crippen LogP contribution in [0, 0.1) is 0 Å². The molecule has 6 heteroatoms. The lowest BCUT2D eigenvalue weighted by molar-refractivity contribution is 0.206. The topological polar surface area (TPSA) is 59.4 Å². The third-order valence-corrected chi connectivity index (χ3v) is 4.07. The van der Waals surface area contributed by atoms with E-state index in [-0.39, 0.29) is 12.1 Å². The number of anilines is 1. The third kappa shape index (κ3) is 2.64. The zero-order valence-corrected chi connectivity index (χ0v) is 12.8. The molecule has 0 radical (unpaired) electrons. The summed E-state index contributed by atoms with van der Waals surface area (Å²) in [7, 11) is 3.46. The summed E-state index contributed by atoms with van der Waals surface area (Å²) >= 11 is 0. The van der Waals surface area contributed by atoms with Crippen molar-refractivity contribution in [2.45, 2.75) is 18.9 Å². The summed E-state index contributed by atoms with van der Waals surface area (Å²) in [6.45, 7) is 0.742. The molecule has 1 saturated heterocycles. The van der Waals surface area contributed by atoms with E-state index in [1.807, 2.05) is 29.2 Å². The van der Waals surface area contributed by atoms with E-state index in [0.29, 0.717) is 5.82 Å². The van der Waals surface area contributed by atoms with Crippen molar-refractivity contribution in [1.82, 2.24) is 14.7 Å². The fourth-order valence-electron chi connectivity index (χ4n) is 2.95. The highest BCUT2D eigenvalue weighted by molar-refractivity contribution is 5.89. The summed E-state index contributed by atoms with van der Waals surface area (Å²) in [4.78, 5) is 14.4.